The van der Waals surface area contributed by atoms with E-state index in [2.05, 4.69) is 5.32 Å². The molecular formula is C22H24F3N3O4. The molecule has 1 fully saturated rings. The normalized spacial score (nSPS) is 18.8. The van der Waals surface area contributed by atoms with Gasteiger partial charge >= 0.3 is 12.2 Å². The van der Waals surface area contributed by atoms with Crippen LogP contribution in [-0.4, -0.2) is 47.0 Å². The third-order valence-electron chi connectivity index (χ3n) is 5.80. The molecule has 1 aliphatic heterocycles. The molecule has 0 radical (unpaired) electrons. The number of hydrogen-bond donors (Lipinski definition) is 1. The van der Waals surface area contributed by atoms with Gasteiger partial charge in [-0.05, 0) is 44.0 Å². The molecule has 172 valence electrons. The SMILES string of the molecule is CCC1(c2ccc(OC)cc2)NC(=O)N(CC(=O)c2cc(C)n(CC(F)(F)F)c2C)C1=O. The number of amides is 3. The molecule has 1 saturated heterocycles. The van der Waals surface area contributed by atoms with E-state index in [4.69, 9.17) is 4.74 Å². The molecule has 1 N–H and O–H groups in total. The van der Waals surface area contributed by atoms with Crippen molar-refractivity contribution in [2.24, 2.45) is 0 Å². The van der Waals surface area contributed by atoms with Crippen LogP contribution in [0.2, 0.25) is 0 Å². The molecule has 3 rings (SSSR count). The van der Waals surface area contributed by atoms with Crippen LogP contribution in [-0.2, 0) is 16.9 Å². The van der Waals surface area contributed by atoms with Gasteiger partial charge in [0.1, 0.15) is 17.8 Å². The Hall–Kier alpha value is -3.30. The summed E-state index contributed by atoms with van der Waals surface area (Å²) in [6.07, 6.45) is -4.20. The van der Waals surface area contributed by atoms with Gasteiger partial charge in [0.2, 0.25) is 0 Å². The first-order valence-corrected chi connectivity index (χ1v) is 9.99. The topological polar surface area (TPSA) is 80.6 Å². The molecule has 1 atom stereocenters. The van der Waals surface area contributed by atoms with Gasteiger partial charge in [0, 0.05) is 17.0 Å². The number of imide groups is 1. The van der Waals surface area contributed by atoms with Crippen LogP contribution in [0.3, 0.4) is 0 Å². The van der Waals surface area contributed by atoms with Crippen molar-refractivity contribution in [3.63, 3.8) is 0 Å². The standard InChI is InChI=1S/C22H24F3N3O4/c1-5-21(15-6-8-16(32-4)9-7-15)19(30)27(20(31)26-21)11-18(29)17-10-13(2)28(14(17)3)12-22(23,24)25/h6-10H,5,11-12H2,1-4H3,(H,26,31). The van der Waals surface area contributed by atoms with Gasteiger partial charge in [0.15, 0.2) is 5.78 Å². The Balaban J connectivity index is 1.87. The minimum absolute atomic E-state index is 0.0470. The lowest BCUT2D eigenvalue weighted by Crippen LogP contribution is -2.43. The van der Waals surface area contributed by atoms with E-state index in [9.17, 15) is 27.6 Å². The zero-order chi connectivity index (χ0) is 23.8. The summed E-state index contributed by atoms with van der Waals surface area (Å²) in [7, 11) is 1.51. The molecule has 7 nitrogen and oxygen atoms in total. The highest BCUT2D eigenvalue weighted by atomic mass is 19.4. The van der Waals surface area contributed by atoms with E-state index in [-0.39, 0.29) is 23.4 Å². The van der Waals surface area contributed by atoms with Crippen molar-refractivity contribution in [1.29, 1.82) is 0 Å². The zero-order valence-corrected chi connectivity index (χ0v) is 18.2. The average molecular weight is 451 g/mol. The van der Waals surface area contributed by atoms with Gasteiger partial charge < -0.3 is 14.6 Å². The molecule has 2 aromatic rings. The number of Topliss-reactive ketones (excluding diaryl/α,β-unsaturated/α-hetero) is 1. The Bertz CT molecular complexity index is 1060. The van der Waals surface area contributed by atoms with Crippen LogP contribution in [0.25, 0.3) is 0 Å². The van der Waals surface area contributed by atoms with E-state index in [1.807, 2.05) is 0 Å². The summed E-state index contributed by atoms with van der Waals surface area (Å²) in [5, 5.41) is 2.68. The maximum absolute atomic E-state index is 13.2. The number of hydrogen-bond acceptors (Lipinski definition) is 4. The van der Waals surface area contributed by atoms with Crippen molar-refractivity contribution >= 4 is 17.7 Å². The number of aryl methyl sites for hydroxylation is 1. The van der Waals surface area contributed by atoms with Gasteiger partial charge in [-0.15, -0.1) is 0 Å². The molecule has 3 amide bonds. The van der Waals surface area contributed by atoms with E-state index < -0.39 is 42.5 Å². The monoisotopic (exact) mass is 451 g/mol. The lowest BCUT2D eigenvalue weighted by Gasteiger charge is -2.26. The molecule has 0 spiro atoms. The average Bonchev–Trinajstić information content (AvgIpc) is 3.15. The van der Waals surface area contributed by atoms with Crippen molar-refractivity contribution in [1.82, 2.24) is 14.8 Å². The molecule has 1 aromatic carbocycles. The molecule has 1 unspecified atom stereocenters. The molecule has 32 heavy (non-hydrogen) atoms. The van der Waals surface area contributed by atoms with Gasteiger partial charge in [-0.3, -0.25) is 14.5 Å². The fraction of sp³-hybridized carbons (Fsp3) is 0.409. The second-order valence-electron chi connectivity index (χ2n) is 7.72. The number of rotatable bonds is 7. The highest BCUT2D eigenvalue weighted by molar-refractivity contribution is 6.11. The summed E-state index contributed by atoms with van der Waals surface area (Å²) in [4.78, 5) is 39.6. The van der Waals surface area contributed by atoms with Crippen molar-refractivity contribution in [2.75, 3.05) is 13.7 Å². The van der Waals surface area contributed by atoms with E-state index in [0.29, 0.717) is 11.3 Å². The number of carbonyl (C=O) groups is 3. The molecular weight excluding hydrogens is 427 g/mol. The number of aromatic nitrogens is 1. The summed E-state index contributed by atoms with van der Waals surface area (Å²) in [6.45, 7) is 2.81. The molecule has 1 aromatic heterocycles. The van der Waals surface area contributed by atoms with E-state index in [0.717, 1.165) is 9.47 Å². The van der Waals surface area contributed by atoms with Gasteiger partial charge in [0.05, 0.1) is 13.7 Å². The zero-order valence-electron chi connectivity index (χ0n) is 18.2. The maximum Gasteiger partial charge on any atom is 0.406 e. The van der Waals surface area contributed by atoms with Gasteiger partial charge in [-0.25, -0.2) is 4.79 Å². The van der Waals surface area contributed by atoms with E-state index in [1.165, 1.54) is 27.0 Å². The number of nitrogens with one attached hydrogen (secondary N) is 1. The number of carbonyl (C=O) groups excluding carboxylic acids is 3. The third kappa shape index (κ3) is 4.09. The first-order valence-electron chi connectivity index (χ1n) is 9.99. The quantitative estimate of drug-likeness (QED) is 0.514. The molecule has 10 heteroatoms. The van der Waals surface area contributed by atoms with Gasteiger partial charge in [-0.2, -0.15) is 13.2 Å². The van der Waals surface area contributed by atoms with Gasteiger partial charge in [0.25, 0.3) is 5.91 Å². The summed E-state index contributed by atoms with van der Waals surface area (Å²) >= 11 is 0. The summed E-state index contributed by atoms with van der Waals surface area (Å²) < 4.78 is 44.7. The summed E-state index contributed by atoms with van der Waals surface area (Å²) in [5.74, 6) is -0.623. The molecule has 0 saturated carbocycles. The number of benzene rings is 1. The van der Waals surface area contributed by atoms with Crippen LogP contribution in [0, 0.1) is 13.8 Å². The van der Waals surface area contributed by atoms with E-state index >= 15 is 0 Å². The lowest BCUT2D eigenvalue weighted by atomic mass is 9.87. The van der Waals surface area contributed by atoms with Crippen LogP contribution in [0.4, 0.5) is 18.0 Å². The second kappa shape index (κ2) is 8.33. The van der Waals surface area contributed by atoms with E-state index in [1.54, 1.807) is 31.2 Å². The van der Waals surface area contributed by atoms with Crippen LogP contribution in [0.5, 0.6) is 5.75 Å². The number of alkyl halides is 3. The highest BCUT2D eigenvalue weighted by Gasteiger charge is 2.51. The fourth-order valence-corrected chi connectivity index (χ4v) is 4.02. The van der Waals surface area contributed by atoms with Crippen molar-refractivity contribution in [3.05, 3.63) is 52.8 Å². The fourth-order valence-electron chi connectivity index (χ4n) is 4.02. The smallest absolute Gasteiger partial charge is 0.406 e. The maximum atomic E-state index is 13.2. The third-order valence-corrected chi connectivity index (χ3v) is 5.80. The Kier molecular flexibility index (Phi) is 6.08. The Morgan fingerprint density at radius 2 is 1.78 bits per heavy atom. The Labute approximate surface area is 183 Å². The highest BCUT2D eigenvalue weighted by Crippen LogP contribution is 2.33. The molecule has 0 bridgehead atoms. The Morgan fingerprint density at radius 1 is 1.16 bits per heavy atom. The summed E-state index contributed by atoms with van der Waals surface area (Å²) in [6, 6.07) is 7.27. The van der Waals surface area contributed by atoms with Gasteiger partial charge in [-0.1, -0.05) is 19.1 Å². The van der Waals surface area contributed by atoms with Crippen molar-refractivity contribution in [3.8, 4) is 5.75 Å². The van der Waals surface area contributed by atoms with Crippen molar-refractivity contribution in [2.45, 2.75) is 45.5 Å². The molecule has 0 aliphatic carbocycles. The second-order valence-corrected chi connectivity index (χ2v) is 7.72. The predicted octanol–water partition coefficient (Wildman–Crippen LogP) is 3.72. The first-order chi connectivity index (χ1) is 14.9. The number of ketones is 1. The van der Waals surface area contributed by atoms with Crippen LogP contribution >= 0.6 is 0 Å². The molecule has 2 heterocycles. The number of ether oxygens (including phenoxy) is 1. The molecule has 1 aliphatic rings. The van der Waals surface area contributed by atoms with Crippen LogP contribution in [0.1, 0.15) is 40.7 Å². The number of nitrogens with zero attached hydrogens (tertiary/aromatic N) is 2. The predicted molar refractivity (Wildman–Crippen MR) is 109 cm³/mol. The minimum atomic E-state index is -4.45. The summed E-state index contributed by atoms with van der Waals surface area (Å²) in [5.41, 5.74) is -0.352. The lowest BCUT2D eigenvalue weighted by molar-refractivity contribution is -0.141. The minimum Gasteiger partial charge on any atom is -0.497 e. The van der Waals surface area contributed by atoms with Crippen molar-refractivity contribution < 1.29 is 32.3 Å². The van der Waals surface area contributed by atoms with Crippen LogP contribution < -0.4 is 10.1 Å². The number of urea groups is 1. The first kappa shape index (κ1) is 23.4. The number of halogens is 3. The largest absolute Gasteiger partial charge is 0.497 e. The Morgan fingerprint density at radius 3 is 2.31 bits per heavy atom. The number of methoxy groups -OCH3 is 1. The van der Waals surface area contributed by atoms with Crippen LogP contribution in [0.15, 0.2) is 30.3 Å².